The molecular formula is C22H28N2O6. The van der Waals surface area contributed by atoms with Crippen molar-refractivity contribution < 1.29 is 24.0 Å². The van der Waals surface area contributed by atoms with Crippen molar-refractivity contribution in [2.45, 2.75) is 58.7 Å². The van der Waals surface area contributed by atoms with Crippen LogP contribution in [0.4, 0.5) is 5.69 Å². The van der Waals surface area contributed by atoms with Gasteiger partial charge in [0.1, 0.15) is 5.78 Å². The molecule has 1 aliphatic carbocycles. The maximum atomic E-state index is 12.9. The van der Waals surface area contributed by atoms with Gasteiger partial charge in [0.2, 0.25) is 11.8 Å². The van der Waals surface area contributed by atoms with E-state index in [0.29, 0.717) is 24.3 Å². The lowest BCUT2D eigenvalue weighted by molar-refractivity contribution is -0.386. The number of carbonyl (C=O) groups excluding carboxylic acids is 3. The maximum Gasteiger partial charge on any atom is 0.274 e. The standard InChI is InChI=1S/C22H28N2O6/c1-13-7-14(2)22(27)17(8-13)19(9-15-10-20(25)23-21(26)11-15)30-12-16-5-3-4-6-18(16)24(28)29/h3-6,13-15,17,19H,7-12H2,1-2H3,(H,23,25,26). The number of rotatable bonds is 7. The Balaban J connectivity index is 1.80. The first-order valence-corrected chi connectivity index (χ1v) is 10.4. The molecule has 1 aromatic rings. The number of nitrogens with zero attached hydrogens (tertiary/aromatic N) is 1. The number of piperidine rings is 1. The minimum absolute atomic E-state index is 0.00122. The molecular weight excluding hydrogens is 388 g/mol. The second-order valence-corrected chi connectivity index (χ2v) is 8.70. The first kappa shape index (κ1) is 22.1. The molecule has 2 amide bonds. The van der Waals surface area contributed by atoms with Crippen molar-refractivity contribution >= 4 is 23.3 Å². The summed E-state index contributed by atoms with van der Waals surface area (Å²) in [7, 11) is 0. The van der Waals surface area contributed by atoms with Crippen LogP contribution in [-0.4, -0.2) is 28.6 Å². The van der Waals surface area contributed by atoms with Crippen LogP contribution in [0.3, 0.4) is 0 Å². The van der Waals surface area contributed by atoms with E-state index >= 15 is 0 Å². The van der Waals surface area contributed by atoms with Crippen molar-refractivity contribution in [3.63, 3.8) is 0 Å². The van der Waals surface area contributed by atoms with Crippen LogP contribution in [0.1, 0.15) is 51.5 Å². The van der Waals surface area contributed by atoms with Crippen molar-refractivity contribution in [3.05, 3.63) is 39.9 Å². The Morgan fingerprint density at radius 2 is 1.80 bits per heavy atom. The third kappa shape index (κ3) is 5.30. The number of carbonyl (C=O) groups is 3. The lowest BCUT2D eigenvalue weighted by atomic mass is 9.71. The predicted molar refractivity (Wildman–Crippen MR) is 108 cm³/mol. The van der Waals surface area contributed by atoms with Crippen LogP contribution < -0.4 is 5.32 Å². The van der Waals surface area contributed by atoms with E-state index in [1.54, 1.807) is 18.2 Å². The van der Waals surface area contributed by atoms with Crippen molar-refractivity contribution in [2.75, 3.05) is 0 Å². The van der Waals surface area contributed by atoms with Crippen LogP contribution in [-0.2, 0) is 25.7 Å². The highest BCUT2D eigenvalue weighted by Crippen LogP contribution is 2.37. The summed E-state index contributed by atoms with van der Waals surface area (Å²) in [6, 6.07) is 6.37. The Morgan fingerprint density at radius 1 is 1.13 bits per heavy atom. The van der Waals surface area contributed by atoms with Crippen molar-refractivity contribution in [1.82, 2.24) is 5.32 Å². The highest BCUT2D eigenvalue weighted by molar-refractivity contribution is 5.97. The van der Waals surface area contributed by atoms with E-state index in [1.165, 1.54) is 6.07 Å². The fraction of sp³-hybridized carbons (Fsp3) is 0.591. The Hall–Kier alpha value is -2.61. The molecule has 0 radical (unpaired) electrons. The number of hydrogen-bond donors (Lipinski definition) is 1. The lowest BCUT2D eigenvalue weighted by Crippen LogP contribution is -2.43. The van der Waals surface area contributed by atoms with E-state index in [4.69, 9.17) is 4.74 Å². The van der Waals surface area contributed by atoms with Crippen LogP contribution in [0.5, 0.6) is 0 Å². The summed E-state index contributed by atoms with van der Waals surface area (Å²) in [4.78, 5) is 47.4. The molecule has 1 aromatic carbocycles. The number of para-hydroxylation sites is 1. The number of nitro benzene ring substituents is 1. The smallest absolute Gasteiger partial charge is 0.274 e. The molecule has 8 nitrogen and oxygen atoms in total. The van der Waals surface area contributed by atoms with E-state index in [9.17, 15) is 24.5 Å². The first-order chi connectivity index (χ1) is 14.2. The molecule has 8 heteroatoms. The topological polar surface area (TPSA) is 116 Å². The average Bonchev–Trinajstić information content (AvgIpc) is 2.67. The monoisotopic (exact) mass is 416 g/mol. The van der Waals surface area contributed by atoms with Crippen LogP contribution in [0.25, 0.3) is 0 Å². The maximum absolute atomic E-state index is 12.9. The van der Waals surface area contributed by atoms with E-state index in [2.05, 4.69) is 12.2 Å². The molecule has 162 valence electrons. The minimum Gasteiger partial charge on any atom is -0.373 e. The van der Waals surface area contributed by atoms with Crippen LogP contribution in [0.15, 0.2) is 24.3 Å². The second kappa shape index (κ2) is 9.47. The number of Topliss-reactive ketones (excluding diaryl/α,β-unsaturated/α-hetero) is 1. The summed E-state index contributed by atoms with van der Waals surface area (Å²) in [6.45, 7) is 4.02. The summed E-state index contributed by atoms with van der Waals surface area (Å²) in [5.74, 6) is -0.764. The molecule has 30 heavy (non-hydrogen) atoms. The van der Waals surface area contributed by atoms with Gasteiger partial charge in [-0.05, 0) is 37.2 Å². The van der Waals surface area contributed by atoms with E-state index < -0.39 is 11.0 Å². The quantitative estimate of drug-likeness (QED) is 0.415. The van der Waals surface area contributed by atoms with Gasteiger partial charge >= 0.3 is 0 Å². The molecule has 4 unspecified atom stereocenters. The van der Waals surface area contributed by atoms with Gasteiger partial charge in [-0.15, -0.1) is 0 Å². The van der Waals surface area contributed by atoms with Gasteiger partial charge in [-0.1, -0.05) is 26.0 Å². The van der Waals surface area contributed by atoms with Gasteiger partial charge < -0.3 is 4.74 Å². The molecule has 1 N–H and O–H groups in total. The number of nitro groups is 1. The van der Waals surface area contributed by atoms with E-state index in [0.717, 1.165) is 6.42 Å². The fourth-order valence-corrected chi connectivity index (χ4v) is 4.77. The summed E-state index contributed by atoms with van der Waals surface area (Å²) in [5.41, 5.74) is 0.412. The third-order valence-electron chi connectivity index (χ3n) is 6.15. The number of hydrogen-bond acceptors (Lipinski definition) is 6. The second-order valence-electron chi connectivity index (χ2n) is 8.70. The number of nitrogens with one attached hydrogen (secondary N) is 1. The van der Waals surface area contributed by atoms with Gasteiger partial charge in [-0.3, -0.25) is 29.8 Å². The molecule has 3 rings (SSSR count). The fourth-order valence-electron chi connectivity index (χ4n) is 4.77. The summed E-state index contributed by atoms with van der Waals surface area (Å²) >= 11 is 0. The Labute approximate surface area is 175 Å². The van der Waals surface area contributed by atoms with Gasteiger partial charge in [-0.25, -0.2) is 0 Å². The van der Waals surface area contributed by atoms with Crippen LogP contribution >= 0.6 is 0 Å². The number of benzene rings is 1. The highest BCUT2D eigenvalue weighted by Gasteiger charge is 2.40. The first-order valence-electron chi connectivity index (χ1n) is 10.4. The lowest BCUT2D eigenvalue weighted by Gasteiger charge is -2.37. The molecule has 1 heterocycles. The molecule has 1 aliphatic heterocycles. The molecule has 1 saturated heterocycles. The molecule has 2 aliphatic rings. The van der Waals surface area contributed by atoms with Gasteiger partial charge in [0.05, 0.1) is 23.2 Å². The zero-order valence-corrected chi connectivity index (χ0v) is 17.3. The molecule has 0 spiro atoms. The SMILES string of the molecule is CC1CC(C)C(=O)C(C(CC2CC(=O)NC(=O)C2)OCc2ccccc2[N+](=O)[O-])C1. The molecule has 2 fully saturated rings. The zero-order chi connectivity index (χ0) is 21.8. The van der Waals surface area contributed by atoms with Gasteiger partial charge in [-0.2, -0.15) is 0 Å². The largest absolute Gasteiger partial charge is 0.373 e. The molecule has 0 aromatic heterocycles. The van der Waals surface area contributed by atoms with Crippen LogP contribution in [0, 0.1) is 33.8 Å². The molecule has 1 saturated carbocycles. The Kier molecular flexibility index (Phi) is 6.97. The zero-order valence-electron chi connectivity index (χ0n) is 17.3. The number of amides is 2. The molecule has 4 atom stereocenters. The van der Waals surface area contributed by atoms with Gasteiger partial charge in [0.25, 0.3) is 5.69 Å². The summed E-state index contributed by atoms with van der Waals surface area (Å²) < 4.78 is 6.13. The Morgan fingerprint density at radius 3 is 2.47 bits per heavy atom. The van der Waals surface area contributed by atoms with E-state index in [1.807, 2.05) is 6.92 Å². The molecule has 0 bridgehead atoms. The number of ketones is 1. The summed E-state index contributed by atoms with van der Waals surface area (Å²) in [6.07, 6.45) is 1.84. The van der Waals surface area contributed by atoms with Crippen LogP contribution in [0.2, 0.25) is 0 Å². The van der Waals surface area contributed by atoms with Crippen molar-refractivity contribution in [1.29, 1.82) is 0 Å². The van der Waals surface area contributed by atoms with Gasteiger partial charge in [0.15, 0.2) is 0 Å². The highest BCUT2D eigenvalue weighted by atomic mass is 16.6. The number of imide groups is 1. The number of ether oxygens (including phenoxy) is 1. The normalized spacial score (nSPS) is 26.3. The summed E-state index contributed by atoms with van der Waals surface area (Å²) in [5, 5.41) is 13.6. The Bertz CT molecular complexity index is 823. The van der Waals surface area contributed by atoms with Gasteiger partial charge in [0, 0.05) is 30.7 Å². The van der Waals surface area contributed by atoms with E-state index in [-0.39, 0.29) is 60.5 Å². The third-order valence-corrected chi connectivity index (χ3v) is 6.15. The average molecular weight is 416 g/mol. The predicted octanol–water partition coefficient (Wildman–Crippen LogP) is 3.17. The van der Waals surface area contributed by atoms with Crippen molar-refractivity contribution in [2.24, 2.45) is 23.7 Å². The van der Waals surface area contributed by atoms with Crippen molar-refractivity contribution in [3.8, 4) is 0 Å². The minimum atomic E-state index is -0.494.